The lowest BCUT2D eigenvalue weighted by molar-refractivity contribution is -0.153. The monoisotopic (exact) mass is 631 g/mol. The van der Waals surface area contributed by atoms with Crippen molar-refractivity contribution >= 4 is 39.3 Å². The second-order valence-corrected chi connectivity index (χ2v) is 13.2. The van der Waals surface area contributed by atoms with Gasteiger partial charge >= 0.3 is 0 Å². The molecule has 10 heteroatoms. The van der Waals surface area contributed by atoms with E-state index >= 15 is 0 Å². The first-order valence-corrected chi connectivity index (χ1v) is 15.1. The average molecular weight is 633 g/mol. The number of aliphatic hydroxyl groups is 1. The van der Waals surface area contributed by atoms with Gasteiger partial charge in [-0.05, 0) is 65.3 Å². The van der Waals surface area contributed by atoms with Gasteiger partial charge in [0.15, 0.2) is 0 Å². The molecule has 4 rings (SSSR count). The van der Waals surface area contributed by atoms with Crippen LogP contribution in [0.4, 0.5) is 5.69 Å². The van der Waals surface area contributed by atoms with Gasteiger partial charge in [-0.2, -0.15) is 0 Å². The van der Waals surface area contributed by atoms with Gasteiger partial charge in [-0.1, -0.05) is 28.1 Å². The molecule has 1 aromatic rings. The topological polar surface area (TPSA) is 99.6 Å². The quantitative estimate of drug-likeness (QED) is 0.296. The fraction of sp³-hybridized carbons (Fsp3) is 0.581. The van der Waals surface area contributed by atoms with Gasteiger partial charge in [-0.15, -0.1) is 13.2 Å². The van der Waals surface area contributed by atoms with Gasteiger partial charge in [-0.25, -0.2) is 0 Å². The minimum Gasteiger partial charge on any atom is -0.494 e. The van der Waals surface area contributed by atoms with Crippen LogP contribution in [0, 0.1) is 11.8 Å². The Balaban J connectivity index is 1.79. The molecule has 7 atom stereocenters. The minimum absolute atomic E-state index is 0.229. The molecule has 1 aromatic carbocycles. The van der Waals surface area contributed by atoms with Gasteiger partial charge in [-0.3, -0.25) is 14.4 Å². The van der Waals surface area contributed by atoms with Crippen molar-refractivity contribution in [1.29, 1.82) is 0 Å². The van der Waals surface area contributed by atoms with Crippen molar-refractivity contribution in [3.8, 4) is 5.75 Å². The maximum Gasteiger partial charge on any atom is 0.249 e. The Morgan fingerprint density at radius 2 is 1.85 bits per heavy atom. The third-order valence-corrected chi connectivity index (χ3v) is 9.25. The Kier molecular flexibility index (Phi) is 9.07. The summed E-state index contributed by atoms with van der Waals surface area (Å²) in [5.41, 5.74) is -1.14. The summed E-state index contributed by atoms with van der Waals surface area (Å²) in [5, 5.41) is 10.2. The zero-order chi connectivity index (χ0) is 30.3. The molecule has 0 saturated carbocycles. The van der Waals surface area contributed by atoms with E-state index in [1.54, 1.807) is 53.1 Å². The van der Waals surface area contributed by atoms with Crippen molar-refractivity contribution in [3.05, 3.63) is 49.6 Å². The summed E-state index contributed by atoms with van der Waals surface area (Å²) in [5.74, 6) is -1.92. The lowest BCUT2D eigenvalue weighted by atomic mass is 9.70. The lowest BCUT2D eigenvalue weighted by Crippen LogP contribution is -2.61. The molecule has 1 N–H and O–H groups in total. The van der Waals surface area contributed by atoms with Gasteiger partial charge in [0, 0.05) is 29.1 Å². The van der Waals surface area contributed by atoms with E-state index in [2.05, 4.69) is 29.1 Å². The summed E-state index contributed by atoms with van der Waals surface area (Å²) in [6.45, 7) is 17.8. The molecule has 9 nitrogen and oxygen atoms in total. The number of ether oxygens (including phenoxy) is 2. The van der Waals surface area contributed by atoms with Crippen LogP contribution in [0.3, 0.4) is 0 Å². The Bertz CT molecular complexity index is 1180. The van der Waals surface area contributed by atoms with Gasteiger partial charge in [0.1, 0.15) is 17.4 Å². The molecule has 1 spiro atoms. The fourth-order valence-corrected chi connectivity index (χ4v) is 7.63. The number of benzene rings is 1. The number of likely N-dealkylation sites (tertiary alicyclic amines) is 1. The molecular formula is C31H42BrN3O6. The molecule has 2 bridgehead atoms. The smallest absolute Gasteiger partial charge is 0.249 e. The summed E-state index contributed by atoms with van der Waals surface area (Å²) in [7, 11) is 0. The number of hydrogen-bond acceptors (Lipinski definition) is 6. The molecule has 0 aromatic heterocycles. The summed E-state index contributed by atoms with van der Waals surface area (Å²) < 4.78 is 12.2. The highest BCUT2D eigenvalue weighted by atomic mass is 79.9. The van der Waals surface area contributed by atoms with Gasteiger partial charge in [0.05, 0.1) is 37.2 Å². The zero-order valence-corrected chi connectivity index (χ0v) is 26.2. The number of halogens is 1. The number of hydrogen-bond donors (Lipinski definition) is 1. The standard InChI is InChI=1S/C31H42BrN3O6/c1-8-15-33(20-11-13-21(14-12-20)40-10-3)27(37)23-24-28(38)35(19(4)18-36)26(31(24)17-22(32)25(23)41-31)29(39)34(16-9-2)30(5,6)7/h8-9,11-14,19,22-26,36H,1-2,10,15-18H2,3-7H3/t19-,22?,23+,24+,25+,26?,31?/m1/s1. The average Bonchev–Trinajstić information content (AvgIpc) is 3.52. The number of carbonyl (C=O) groups excluding carboxylic acids is 3. The van der Waals surface area contributed by atoms with Crippen molar-refractivity contribution in [2.24, 2.45) is 11.8 Å². The molecule has 0 aliphatic carbocycles. The van der Waals surface area contributed by atoms with E-state index in [0.29, 0.717) is 24.5 Å². The van der Waals surface area contributed by atoms with E-state index in [9.17, 15) is 19.5 Å². The van der Waals surface area contributed by atoms with Crippen molar-refractivity contribution in [2.75, 3.05) is 31.2 Å². The number of nitrogens with zero attached hydrogens (tertiary/aromatic N) is 3. The van der Waals surface area contributed by atoms with E-state index in [4.69, 9.17) is 9.47 Å². The highest BCUT2D eigenvalue weighted by Crippen LogP contribution is 2.61. The highest BCUT2D eigenvalue weighted by Gasteiger charge is 2.77. The first kappa shape index (κ1) is 31.3. The lowest BCUT2D eigenvalue weighted by Gasteiger charge is -2.43. The SMILES string of the molecule is C=CCN(C(=O)[C@H]1[C@H]2C(=O)N([C@H](C)CO)C(C(=O)N(CC=C)C(C)(C)C)C23CC(Br)[C@@H]1O3)c1ccc(OCC)cc1. The largest absolute Gasteiger partial charge is 0.494 e. The van der Waals surface area contributed by atoms with Crippen LogP contribution in [0.2, 0.25) is 0 Å². The van der Waals surface area contributed by atoms with Gasteiger partial charge in [0.2, 0.25) is 17.7 Å². The molecule has 3 amide bonds. The second kappa shape index (κ2) is 11.9. The van der Waals surface area contributed by atoms with Gasteiger partial charge in [0.25, 0.3) is 0 Å². The van der Waals surface area contributed by atoms with E-state index in [1.165, 1.54) is 4.90 Å². The number of alkyl halides is 1. The van der Waals surface area contributed by atoms with Crippen molar-refractivity contribution in [3.63, 3.8) is 0 Å². The third kappa shape index (κ3) is 5.23. The molecule has 3 fully saturated rings. The van der Waals surface area contributed by atoms with Crippen LogP contribution in [-0.2, 0) is 19.1 Å². The predicted octanol–water partition coefficient (Wildman–Crippen LogP) is 3.55. The van der Waals surface area contributed by atoms with E-state index < -0.39 is 41.2 Å². The molecule has 41 heavy (non-hydrogen) atoms. The van der Waals surface area contributed by atoms with Crippen molar-refractivity contribution in [2.45, 2.75) is 75.2 Å². The molecule has 3 aliphatic rings. The molecule has 224 valence electrons. The number of aliphatic hydroxyl groups excluding tert-OH is 1. The zero-order valence-electron chi connectivity index (χ0n) is 24.6. The Morgan fingerprint density at radius 3 is 2.39 bits per heavy atom. The van der Waals surface area contributed by atoms with E-state index in [0.717, 1.165) is 0 Å². The van der Waals surface area contributed by atoms with Crippen LogP contribution in [-0.4, -0.2) is 93.1 Å². The number of anilines is 1. The molecular weight excluding hydrogens is 590 g/mol. The van der Waals surface area contributed by atoms with Crippen LogP contribution in [0.25, 0.3) is 0 Å². The van der Waals surface area contributed by atoms with E-state index in [-0.39, 0.29) is 42.2 Å². The normalized spacial score (nSPS) is 29.2. The molecule has 3 saturated heterocycles. The van der Waals surface area contributed by atoms with Crippen LogP contribution >= 0.6 is 15.9 Å². The molecule has 0 radical (unpaired) electrons. The Labute approximate surface area is 251 Å². The van der Waals surface area contributed by atoms with E-state index in [1.807, 2.05) is 27.7 Å². The summed E-state index contributed by atoms with van der Waals surface area (Å²) >= 11 is 3.73. The maximum atomic E-state index is 14.4. The first-order valence-electron chi connectivity index (χ1n) is 14.2. The number of fused-ring (bicyclic) bond motifs is 1. The third-order valence-electron chi connectivity index (χ3n) is 8.41. The summed E-state index contributed by atoms with van der Waals surface area (Å²) in [6.07, 6.45) is 3.09. The first-order chi connectivity index (χ1) is 19.4. The van der Waals surface area contributed by atoms with Crippen molar-refractivity contribution < 1.29 is 29.0 Å². The maximum absolute atomic E-state index is 14.4. The molecule has 3 aliphatic heterocycles. The van der Waals surface area contributed by atoms with Crippen molar-refractivity contribution in [1.82, 2.24) is 9.80 Å². The second-order valence-electron chi connectivity index (χ2n) is 12.0. The summed E-state index contributed by atoms with van der Waals surface area (Å²) in [6, 6.07) is 5.57. The van der Waals surface area contributed by atoms with Crippen LogP contribution in [0.15, 0.2) is 49.6 Å². The van der Waals surface area contributed by atoms with Gasteiger partial charge < -0.3 is 29.3 Å². The fourth-order valence-electron chi connectivity index (χ4n) is 6.68. The number of rotatable bonds is 11. The minimum atomic E-state index is -1.22. The molecule has 3 heterocycles. The number of amides is 3. The van der Waals surface area contributed by atoms with Crippen LogP contribution in [0.5, 0.6) is 5.75 Å². The Hall–Kier alpha value is -2.69. The Morgan fingerprint density at radius 1 is 1.22 bits per heavy atom. The van der Waals surface area contributed by atoms with Crippen LogP contribution < -0.4 is 9.64 Å². The predicted molar refractivity (Wildman–Crippen MR) is 161 cm³/mol. The highest BCUT2D eigenvalue weighted by molar-refractivity contribution is 9.09. The number of carbonyl (C=O) groups is 3. The van der Waals surface area contributed by atoms with Crippen LogP contribution in [0.1, 0.15) is 41.0 Å². The summed E-state index contributed by atoms with van der Waals surface area (Å²) in [4.78, 5) is 47.6. The molecule has 3 unspecified atom stereocenters.